The largest absolute Gasteiger partial charge is 0.397 e. The number of anilines is 3. The van der Waals surface area contributed by atoms with E-state index in [1.165, 1.54) is 34.7 Å². The zero-order chi connectivity index (χ0) is 25.3. The van der Waals surface area contributed by atoms with Gasteiger partial charge in [0.1, 0.15) is 23.8 Å². The summed E-state index contributed by atoms with van der Waals surface area (Å²) in [6.07, 6.45) is 3.01. The summed E-state index contributed by atoms with van der Waals surface area (Å²) in [5.41, 5.74) is 1.53. The molecule has 0 amide bonds. The fourth-order valence-electron chi connectivity index (χ4n) is 3.53. The highest BCUT2D eigenvalue weighted by molar-refractivity contribution is 7.92. The van der Waals surface area contributed by atoms with Crippen LogP contribution in [-0.4, -0.2) is 35.3 Å². The lowest BCUT2D eigenvalue weighted by Crippen LogP contribution is -2.16. The predicted molar refractivity (Wildman–Crippen MR) is 130 cm³/mol. The van der Waals surface area contributed by atoms with E-state index in [1.54, 1.807) is 32.3 Å². The molecule has 184 valence electrons. The Labute approximate surface area is 200 Å². The third-order valence-electron chi connectivity index (χ3n) is 5.25. The zero-order valence-electron chi connectivity index (χ0n) is 19.2. The average molecular weight is 504 g/mol. The molecule has 9 nitrogen and oxygen atoms in total. The number of benzene rings is 2. The summed E-state index contributed by atoms with van der Waals surface area (Å²) in [7, 11) is -2.01. The van der Waals surface area contributed by atoms with E-state index in [9.17, 15) is 22.0 Å². The van der Waals surface area contributed by atoms with Crippen LogP contribution in [0.15, 0.2) is 53.6 Å². The number of nitrogens with one attached hydrogen (secondary N) is 2. The quantitative estimate of drug-likeness (QED) is 0.380. The molecule has 35 heavy (non-hydrogen) atoms. The van der Waals surface area contributed by atoms with Gasteiger partial charge in [-0.2, -0.15) is 0 Å². The van der Waals surface area contributed by atoms with Crippen molar-refractivity contribution >= 4 is 38.0 Å². The van der Waals surface area contributed by atoms with E-state index in [-0.39, 0.29) is 28.1 Å². The first-order valence-electron chi connectivity index (χ1n) is 10.7. The van der Waals surface area contributed by atoms with Crippen molar-refractivity contribution in [2.24, 2.45) is 7.05 Å². The van der Waals surface area contributed by atoms with Crippen molar-refractivity contribution in [3.05, 3.63) is 70.8 Å². The lowest BCUT2D eigenvalue weighted by atomic mass is 10.0. The Hall–Kier alpha value is -3.93. The van der Waals surface area contributed by atoms with Gasteiger partial charge in [-0.15, -0.1) is 9.94 Å². The molecule has 0 aliphatic rings. The monoisotopic (exact) mass is 503 g/mol. The number of aryl methyl sites for hydroxylation is 1. The molecule has 0 atom stereocenters. The van der Waals surface area contributed by atoms with Gasteiger partial charge >= 0.3 is 0 Å². The maximum Gasteiger partial charge on any atom is 0.261 e. The lowest BCUT2D eigenvalue weighted by Gasteiger charge is -2.16. The minimum atomic E-state index is -3.58. The van der Waals surface area contributed by atoms with Gasteiger partial charge in [0.05, 0.1) is 23.0 Å². The number of rotatable bonds is 8. The van der Waals surface area contributed by atoms with Crippen molar-refractivity contribution in [1.82, 2.24) is 14.5 Å². The Kier molecular flexibility index (Phi) is 6.48. The highest BCUT2D eigenvalue weighted by atomic mass is 32.2. The summed E-state index contributed by atoms with van der Waals surface area (Å²) in [6, 6.07) is 7.74. The molecular formula is C23H23F2N5O4S. The van der Waals surface area contributed by atoms with Crippen LogP contribution in [0, 0.1) is 11.6 Å². The van der Waals surface area contributed by atoms with E-state index in [1.807, 2.05) is 0 Å². The van der Waals surface area contributed by atoms with Crippen LogP contribution in [0.25, 0.3) is 22.0 Å². The first kappa shape index (κ1) is 24.2. The zero-order valence-corrected chi connectivity index (χ0v) is 20.0. The topological polar surface area (TPSA) is 107 Å². The van der Waals surface area contributed by atoms with Gasteiger partial charge < -0.3 is 14.7 Å². The van der Waals surface area contributed by atoms with Crippen LogP contribution in [0.2, 0.25) is 0 Å². The van der Waals surface area contributed by atoms with Crippen molar-refractivity contribution in [3.63, 3.8) is 0 Å². The predicted octanol–water partition coefficient (Wildman–Crippen LogP) is 3.63. The Morgan fingerprint density at radius 1 is 1.03 bits per heavy atom. The molecule has 12 heteroatoms. The van der Waals surface area contributed by atoms with E-state index in [4.69, 9.17) is 4.84 Å². The van der Waals surface area contributed by atoms with Gasteiger partial charge in [0, 0.05) is 41.8 Å². The van der Waals surface area contributed by atoms with Gasteiger partial charge in [0.25, 0.3) is 5.56 Å². The van der Waals surface area contributed by atoms with E-state index in [2.05, 4.69) is 15.1 Å². The third kappa shape index (κ3) is 4.97. The SMILES string of the molecule is CCOn1cc2c(=O)n(C)cc(-c3cc(NS(=O)(=O)CC)ccc3Nc3ccc(F)cc3F)c2n1. The van der Waals surface area contributed by atoms with Gasteiger partial charge in [0.2, 0.25) is 10.0 Å². The minimum Gasteiger partial charge on any atom is -0.397 e. The first-order chi connectivity index (χ1) is 16.6. The van der Waals surface area contributed by atoms with Crippen LogP contribution in [-0.2, 0) is 17.1 Å². The Morgan fingerprint density at radius 2 is 1.77 bits per heavy atom. The smallest absolute Gasteiger partial charge is 0.261 e. The molecule has 0 saturated heterocycles. The number of aromatic nitrogens is 3. The Balaban J connectivity index is 1.95. The summed E-state index contributed by atoms with van der Waals surface area (Å²) in [5, 5.41) is 7.57. The van der Waals surface area contributed by atoms with Crippen molar-refractivity contribution in [3.8, 4) is 11.1 Å². The molecule has 4 aromatic rings. The normalized spacial score (nSPS) is 11.6. The number of nitrogens with zero attached hydrogens (tertiary/aromatic N) is 3. The highest BCUT2D eigenvalue weighted by Gasteiger charge is 2.19. The van der Waals surface area contributed by atoms with E-state index in [0.717, 1.165) is 12.1 Å². The van der Waals surface area contributed by atoms with Crippen molar-refractivity contribution in [2.45, 2.75) is 13.8 Å². The summed E-state index contributed by atoms with van der Waals surface area (Å²) in [6.45, 7) is 3.59. The number of sulfonamides is 1. The first-order valence-corrected chi connectivity index (χ1v) is 12.4. The van der Waals surface area contributed by atoms with Crippen molar-refractivity contribution in [2.75, 3.05) is 22.4 Å². The second-order valence-corrected chi connectivity index (χ2v) is 9.70. The fourth-order valence-corrected chi connectivity index (χ4v) is 4.16. The van der Waals surface area contributed by atoms with Crippen LogP contribution >= 0.6 is 0 Å². The molecule has 0 saturated carbocycles. The summed E-state index contributed by atoms with van der Waals surface area (Å²) < 4.78 is 56.0. The molecule has 0 fully saturated rings. The van der Waals surface area contributed by atoms with Gasteiger partial charge in [0.15, 0.2) is 0 Å². The molecule has 0 unspecified atom stereocenters. The molecule has 0 aliphatic carbocycles. The average Bonchev–Trinajstić information content (AvgIpc) is 3.23. The number of halogens is 2. The molecule has 0 aliphatic heterocycles. The molecule has 2 N–H and O–H groups in total. The van der Waals surface area contributed by atoms with Crippen LogP contribution in [0.1, 0.15) is 13.8 Å². The summed E-state index contributed by atoms with van der Waals surface area (Å²) in [4.78, 5) is 19.3. The third-order valence-corrected chi connectivity index (χ3v) is 6.55. The number of pyridine rings is 1. The fraction of sp³-hybridized carbons (Fsp3) is 0.217. The number of hydrogen-bond donors (Lipinski definition) is 2. The van der Waals surface area contributed by atoms with Gasteiger partial charge in [-0.25, -0.2) is 17.2 Å². The van der Waals surface area contributed by atoms with Crippen LogP contribution < -0.4 is 20.4 Å². The van der Waals surface area contributed by atoms with Crippen molar-refractivity contribution in [1.29, 1.82) is 0 Å². The lowest BCUT2D eigenvalue weighted by molar-refractivity contribution is 0.0944. The van der Waals surface area contributed by atoms with E-state index < -0.39 is 21.7 Å². The highest BCUT2D eigenvalue weighted by Crippen LogP contribution is 2.36. The molecule has 2 heterocycles. The molecule has 4 rings (SSSR count). The van der Waals surface area contributed by atoms with Crippen LogP contribution in [0.4, 0.5) is 25.8 Å². The standard InChI is InChI=1S/C23H23F2N5O4S/c1-4-34-30-13-18-22(27-30)17(12-29(3)23(18)31)16-11-15(28-35(32,33)5-2)7-9-20(16)26-21-8-6-14(24)10-19(21)25/h6-13,26,28H,4-5H2,1-3H3. The van der Waals surface area contributed by atoms with Crippen LogP contribution in [0.3, 0.4) is 0 Å². The van der Waals surface area contributed by atoms with Gasteiger partial charge in [-0.3, -0.25) is 9.52 Å². The summed E-state index contributed by atoms with van der Waals surface area (Å²) >= 11 is 0. The maximum absolute atomic E-state index is 14.4. The molecule has 2 aromatic carbocycles. The number of hydrogen-bond acceptors (Lipinski definition) is 6. The molecule has 0 bridgehead atoms. The molecular weight excluding hydrogens is 480 g/mol. The van der Waals surface area contributed by atoms with Crippen molar-refractivity contribution < 1.29 is 22.0 Å². The number of fused-ring (bicyclic) bond motifs is 1. The maximum atomic E-state index is 14.4. The van der Waals surface area contributed by atoms with Gasteiger partial charge in [-0.05, 0) is 44.2 Å². The van der Waals surface area contributed by atoms with Gasteiger partial charge in [-0.1, -0.05) is 0 Å². The van der Waals surface area contributed by atoms with E-state index in [0.29, 0.717) is 28.9 Å². The van der Waals surface area contributed by atoms with Crippen LogP contribution in [0.5, 0.6) is 0 Å². The second kappa shape index (κ2) is 9.37. The Morgan fingerprint density at radius 3 is 2.46 bits per heavy atom. The second-order valence-electron chi connectivity index (χ2n) is 7.69. The Bertz CT molecular complexity index is 1580. The van der Waals surface area contributed by atoms with E-state index >= 15 is 0 Å². The summed E-state index contributed by atoms with van der Waals surface area (Å²) in [5.74, 6) is -1.66. The molecule has 0 radical (unpaired) electrons. The molecule has 2 aromatic heterocycles. The molecule has 0 spiro atoms. The minimum absolute atomic E-state index is 0.00967.